The predicted octanol–water partition coefficient (Wildman–Crippen LogP) is 3.37. The summed E-state index contributed by atoms with van der Waals surface area (Å²) in [5.41, 5.74) is 8.20. The predicted molar refractivity (Wildman–Crippen MR) is 75.0 cm³/mol. The smallest absolute Gasteiger partial charge is 0.139 e. The fourth-order valence-electron chi connectivity index (χ4n) is 2.02. The van der Waals surface area contributed by atoms with E-state index in [0.717, 1.165) is 11.1 Å². The zero-order valence-electron chi connectivity index (χ0n) is 11.2. The Bertz CT molecular complexity index is 576. The van der Waals surface area contributed by atoms with Crippen LogP contribution in [0.1, 0.15) is 30.9 Å². The van der Waals surface area contributed by atoms with Crippen LogP contribution in [0.5, 0.6) is 0 Å². The second-order valence-electron chi connectivity index (χ2n) is 4.82. The third-order valence-electron chi connectivity index (χ3n) is 2.80. The molecule has 0 amide bonds. The lowest BCUT2D eigenvalue weighted by molar-refractivity contribution is 0.627. The molecule has 0 aliphatic heterocycles. The SMILES string of the molecule is Cc1cc(F)cc(Nc2ncnc(N)c2C(C)C)c1. The van der Waals surface area contributed by atoms with Crippen molar-refractivity contribution in [2.45, 2.75) is 26.7 Å². The maximum absolute atomic E-state index is 13.4. The van der Waals surface area contributed by atoms with Crippen LogP contribution in [-0.4, -0.2) is 9.97 Å². The fourth-order valence-corrected chi connectivity index (χ4v) is 2.02. The minimum Gasteiger partial charge on any atom is -0.383 e. The van der Waals surface area contributed by atoms with Crippen LogP contribution in [0.3, 0.4) is 0 Å². The molecule has 2 rings (SSSR count). The first-order chi connectivity index (χ1) is 8.97. The third kappa shape index (κ3) is 2.99. The summed E-state index contributed by atoms with van der Waals surface area (Å²) in [6.07, 6.45) is 1.40. The van der Waals surface area contributed by atoms with E-state index in [4.69, 9.17) is 5.73 Å². The number of benzene rings is 1. The van der Waals surface area contributed by atoms with Gasteiger partial charge < -0.3 is 11.1 Å². The second kappa shape index (κ2) is 5.22. The van der Waals surface area contributed by atoms with Crippen LogP contribution in [-0.2, 0) is 0 Å². The number of nitrogen functional groups attached to an aromatic ring is 1. The van der Waals surface area contributed by atoms with E-state index in [1.165, 1.54) is 18.5 Å². The summed E-state index contributed by atoms with van der Waals surface area (Å²) in [5.74, 6) is 0.960. The summed E-state index contributed by atoms with van der Waals surface area (Å²) >= 11 is 0. The Hall–Kier alpha value is -2.17. The normalized spacial score (nSPS) is 10.8. The van der Waals surface area contributed by atoms with Crippen LogP contribution >= 0.6 is 0 Å². The lowest BCUT2D eigenvalue weighted by Gasteiger charge is -2.15. The van der Waals surface area contributed by atoms with E-state index >= 15 is 0 Å². The fraction of sp³-hybridized carbons (Fsp3) is 0.286. The minimum absolute atomic E-state index is 0.179. The molecule has 0 atom stereocenters. The highest BCUT2D eigenvalue weighted by Crippen LogP contribution is 2.29. The van der Waals surface area contributed by atoms with Crippen molar-refractivity contribution >= 4 is 17.3 Å². The van der Waals surface area contributed by atoms with E-state index in [1.807, 2.05) is 26.8 Å². The molecule has 0 bridgehead atoms. The van der Waals surface area contributed by atoms with Gasteiger partial charge in [-0.15, -0.1) is 0 Å². The number of hydrogen-bond acceptors (Lipinski definition) is 4. The highest BCUT2D eigenvalue weighted by Gasteiger charge is 2.13. The summed E-state index contributed by atoms with van der Waals surface area (Å²) in [5, 5.41) is 3.11. The molecule has 0 saturated heterocycles. The van der Waals surface area contributed by atoms with Crippen molar-refractivity contribution in [3.05, 3.63) is 41.5 Å². The third-order valence-corrected chi connectivity index (χ3v) is 2.80. The van der Waals surface area contributed by atoms with E-state index in [2.05, 4.69) is 15.3 Å². The molecule has 5 heteroatoms. The number of aromatic nitrogens is 2. The van der Waals surface area contributed by atoms with Gasteiger partial charge in [-0.25, -0.2) is 14.4 Å². The minimum atomic E-state index is -0.282. The Balaban J connectivity index is 2.40. The largest absolute Gasteiger partial charge is 0.383 e. The Morgan fingerprint density at radius 3 is 2.58 bits per heavy atom. The first kappa shape index (κ1) is 13.3. The van der Waals surface area contributed by atoms with Crippen molar-refractivity contribution in [1.82, 2.24) is 9.97 Å². The van der Waals surface area contributed by atoms with Crippen LogP contribution in [0.15, 0.2) is 24.5 Å². The molecule has 0 radical (unpaired) electrons. The zero-order valence-corrected chi connectivity index (χ0v) is 11.2. The first-order valence-electron chi connectivity index (χ1n) is 6.12. The molecular weight excluding hydrogens is 243 g/mol. The number of rotatable bonds is 3. The van der Waals surface area contributed by atoms with Crippen molar-refractivity contribution in [3.63, 3.8) is 0 Å². The van der Waals surface area contributed by atoms with Gasteiger partial charge in [0.15, 0.2) is 0 Å². The van der Waals surface area contributed by atoms with Crippen molar-refractivity contribution in [3.8, 4) is 0 Å². The molecule has 0 aliphatic rings. The molecular formula is C14H17FN4. The van der Waals surface area contributed by atoms with Crippen molar-refractivity contribution in [2.24, 2.45) is 0 Å². The molecule has 0 fully saturated rings. The van der Waals surface area contributed by atoms with Crippen LogP contribution < -0.4 is 11.1 Å². The van der Waals surface area contributed by atoms with Gasteiger partial charge >= 0.3 is 0 Å². The number of halogens is 1. The molecule has 0 unspecified atom stereocenters. The van der Waals surface area contributed by atoms with Crippen LogP contribution in [0.2, 0.25) is 0 Å². The summed E-state index contributed by atoms with van der Waals surface area (Å²) in [4.78, 5) is 8.18. The first-order valence-corrected chi connectivity index (χ1v) is 6.12. The summed E-state index contributed by atoms with van der Waals surface area (Å²) < 4.78 is 13.4. The van der Waals surface area contributed by atoms with Gasteiger partial charge in [0.2, 0.25) is 0 Å². The van der Waals surface area contributed by atoms with Gasteiger partial charge in [0.25, 0.3) is 0 Å². The van der Waals surface area contributed by atoms with Crippen molar-refractivity contribution < 1.29 is 4.39 Å². The van der Waals surface area contributed by atoms with E-state index in [9.17, 15) is 4.39 Å². The monoisotopic (exact) mass is 260 g/mol. The molecule has 1 aromatic carbocycles. The lowest BCUT2D eigenvalue weighted by atomic mass is 10.0. The Morgan fingerprint density at radius 2 is 1.95 bits per heavy atom. The van der Waals surface area contributed by atoms with Gasteiger partial charge in [0, 0.05) is 11.3 Å². The van der Waals surface area contributed by atoms with Gasteiger partial charge in [0.05, 0.1) is 0 Å². The Morgan fingerprint density at radius 1 is 1.21 bits per heavy atom. The van der Waals surface area contributed by atoms with E-state index in [0.29, 0.717) is 17.3 Å². The van der Waals surface area contributed by atoms with Gasteiger partial charge in [0.1, 0.15) is 23.8 Å². The molecule has 0 saturated carbocycles. The van der Waals surface area contributed by atoms with Gasteiger partial charge in [-0.3, -0.25) is 0 Å². The topological polar surface area (TPSA) is 63.8 Å². The molecule has 100 valence electrons. The highest BCUT2D eigenvalue weighted by atomic mass is 19.1. The number of anilines is 3. The standard InChI is InChI=1S/C14H17FN4/c1-8(2)12-13(16)17-7-18-14(12)19-11-5-9(3)4-10(15)6-11/h4-8H,1-3H3,(H3,16,17,18,19). The van der Waals surface area contributed by atoms with Crippen molar-refractivity contribution in [2.75, 3.05) is 11.1 Å². The molecule has 1 heterocycles. The Kier molecular flexibility index (Phi) is 3.64. The average molecular weight is 260 g/mol. The van der Waals surface area contributed by atoms with E-state index < -0.39 is 0 Å². The quantitative estimate of drug-likeness (QED) is 0.888. The summed E-state index contributed by atoms with van der Waals surface area (Å²) in [6.45, 7) is 5.86. The maximum Gasteiger partial charge on any atom is 0.139 e. The average Bonchev–Trinajstić information content (AvgIpc) is 2.26. The van der Waals surface area contributed by atoms with Gasteiger partial charge in [-0.05, 0) is 36.6 Å². The maximum atomic E-state index is 13.4. The molecule has 2 aromatic rings. The van der Waals surface area contributed by atoms with Crippen LogP contribution in [0, 0.1) is 12.7 Å². The van der Waals surface area contributed by atoms with Gasteiger partial charge in [-0.2, -0.15) is 0 Å². The molecule has 0 aliphatic carbocycles. The molecule has 4 nitrogen and oxygen atoms in total. The van der Waals surface area contributed by atoms with Crippen LogP contribution in [0.25, 0.3) is 0 Å². The van der Waals surface area contributed by atoms with Crippen LogP contribution in [0.4, 0.5) is 21.7 Å². The number of nitrogens with zero attached hydrogens (tertiary/aromatic N) is 2. The van der Waals surface area contributed by atoms with Gasteiger partial charge in [-0.1, -0.05) is 13.8 Å². The van der Waals surface area contributed by atoms with E-state index in [-0.39, 0.29) is 11.7 Å². The molecule has 0 spiro atoms. The highest BCUT2D eigenvalue weighted by molar-refractivity contribution is 5.65. The van der Waals surface area contributed by atoms with E-state index in [1.54, 1.807) is 0 Å². The second-order valence-corrected chi connectivity index (χ2v) is 4.82. The zero-order chi connectivity index (χ0) is 14.0. The molecule has 19 heavy (non-hydrogen) atoms. The lowest BCUT2D eigenvalue weighted by Crippen LogP contribution is -2.06. The van der Waals surface area contributed by atoms with Crippen molar-refractivity contribution in [1.29, 1.82) is 0 Å². The summed E-state index contributed by atoms with van der Waals surface area (Å²) in [7, 11) is 0. The number of nitrogens with one attached hydrogen (secondary N) is 1. The summed E-state index contributed by atoms with van der Waals surface area (Å²) in [6, 6.07) is 4.75. The molecule has 1 aromatic heterocycles. The number of aryl methyl sites for hydroxylation is 1. The number of nitrogens with two attached hydrogens (primary N) is 1. The molecule has 3 N–H and O–H groups in total. The Labute approximate surface area is 111 Å². The number of hydrogen-bond donors (Lipinski definition) is 2.